The van der Waals surface area contributed by atoms with Gasteiger partial charge < -0.3 is 0 Å². The van der Waals surface area contributed by atoms with E-state index in [1.165, 1.54) is 18.8 Å². The van der Waals surface area contributed by atoms with Crippen molar-refractivity contribution in [2.24, 2.45) is 0 Å². The zero-order valence-corrected chi connectivity index (χ0v) is 11.6. The van der Waals surface area contributed by atoms with Crippen LogP contribution in [0.15, 0.2) is 31.4 Å². The van der Waals surface area contributed by atoms with Gasteiger partial charge in [0, 0.05) is 19.5 Å². The van der Waals surface area contributed by atoms with Crippen LogP contribution < -0.4 is 0 Å². The van der Waals surface area contributed by atoms with Gasteiger partial charge in [-0.3, -0.25) is 0 Å². The van der Waals surface area contributed by atoms with Crippen molar-refractivity contribution in [2.45, 2.75) is 4.90 Å². The first-order chi connectivity index (χ1) is 6.22. The fourth-order valence-electron chi connectivity index (χ4n) is 1.21. The maximum absolute atomic E-state index is 3.58. The molecule has 0 fully saturated rings. The largest absolute Gasteiger partial charge is 0.127 e. The van der Waals surface area contributed by atoms with Crippen molar-refractivity contribution in [1.29, 1.82) is 0 Å². The Morgan fingerprint density at radius 1 is 1.31 bits per heavy atom. The van der Waals surface area contributed by atoms with Crippen LogP contribution in [-0.2, 0) is 0 Å². The third-order valence-electron chi connectivity index (χ3n) is 1.77. The fourth-order valence-corrected chi connectivity index (χ4v) is 4.58. The highest BCUT2D eigenvalue weighted by Gasteiger charge is 2.08. The molecule has 0 bridgehead atoms. The van der Waals surface area contributed by atoms with Crippen LogP contribution in [0.5, 0.6) is 0 Å². The number of rotatable bonds is 1. The number of thioether (sulfide) groups is 1. The molecule has 1 aromatic heterocycles. The van der Waals surface area contributed by atoms with Gasteiger partial charge in [-0.1, -0.05) is 15.9 Å². The summed E-state index contributed by atoms with van der Waals surface area (Å²) in [6, 6.07) is 6.40. The van der Waals surface area contributed by atoms with E-state index in [9.17, 15) is 0 Å². The van der Waals surface area contributed by atoms with Crippen molar-refractivity contribution in [1.82, 2.24) is 0 Å². The van der Waals surface area contributed by atoms with Crippen molar-refractivity contribution in [2.75, 3.05) is 6.26 Å². The van der Waals surface area contributed by atoms with E-state index in [1.54, 1.807) is 23.1 Å². The average molecular weight is 338 g/mol. The first-order valence-electron chi connectivity index (χ1n) is 3.64. The van der Waals surface area contributed by atoms with Crippen molar-refractivity contribution in [3.05, 3.63) is 26.5 Å². The van der Waals surface area contributed by atoms with E-state index in [0.717, 1.165) is 4.47 Å². The lowest BCUT2D eigenvalue weighted by Gasteiger charge is -1.94. The van der Waals surface area contributed by atoms with Gasteiger partial charge in [-0.25, -0.2) is 0 Å². The molecule has 1 heterocycles. The molecule has 0 amide bonds. The Kier molecular flexibility index (Phi) is 3.03. The molecule has 68 valence electrons. The summed E-state index contributed by atoms with van der Waals surface area (Å²) in [5.41, 5.74) is 0. The van der Waals surface area contributed by atoms with Gasteiger partial charge in [0.15, 0.2) is 0 Å². The van der Waals surface area contributed by atoms with Crippen LogP contribution in [0.25, 0.3) is 10.1 Å². The maximum atomic E-state index is 3.58. The molecular weight excluding hydrogens is 332 g/mol. The number of thiophene rings is 1. The van der Waals surface area contributed by atoms with Gasteiger partial charge in [0.1, 0.15) is 0 Å². The van der Waals surface area contributed by atoms with Crippen molar-refractivity contribution >= 4 is 65.0 Å². The van der Waals surface area contributed by atoms with E-state index in [1.807, 2.05) is 0 Å². The average Bonchev–Trinajstić information content (AvgIpc) is 2.40. The van der Waals surface area contributed by atoms with Gasteiger partial charge >= 0.3 is 0 Å². The molecule has 4 heteroatoms. The Bertz CT molecular complexity index is 448. The Morgan fingerprint density at radius 3 is 2.77 bits per heavy atom. The van der Waals surface area contributed by atoms with Crippen molar-refractivity contribution in [3.63, 3.8) is 0 Å². The van der Waals surface area contributed by atoms with Gasteiger partial charge in [-0.05, 0) is 40.4 Å². The van der Waals surface area contributed by atoms with E-state index in [-0.39, 0.29) is 0 Å². The van der Waals surface area contributed by atoms with Crippen LogP contribution in [0.2, 0.25) is 0 Å². The van der Waals surface area contributed by atoms with Crippen LogP contribution in [0, 0.1) is 0 Å². The first kappa shape index (κ1) is 10.0. The molecule has 0 spiro atoms. The smallest absolute Gasteiger partial charge is 0.0846 e. The monoisotopic (exact) mass is 336 g/mol. The number of halogens is 2. The summed E-state index contributed by atoms with van der Waals surface area (Å²) in [4.78, 5) is 1.33. The Morgan fingerprint density at radius 2 is 2.08 bits per heavy atom. The normalized spacial score (nSPS) is 11.0. The Balaban J connectivity index is 2.80. The number of hydrogen-bond acceptors (Lipinski definition) is 2. The van der Waals surface area contributed by atoms with E-state index in [4.69, 9.17) is 0 Å². The summed E-state index contributed by atoms with van der Waals surface area (Å²) < 4.78 is 3.70. The van der Waals surface area contributed by atoms with E-state index < -0.39 is 0 Å². The number of benzene rings is 1. The lowest BCUT2D eigenvalue weighted by atomic mass is 10.3. The molecule has 2 rings (SSSR count). The second-order valence-electron chi connectivity index (χ2n) is 2.55. The van der Waals surface area contributed by atoms with Gasteiger partial charge in [0.25, 0.3) is 0 Å². The SMILES string of the molecule is CSc1c(Br)sc2ccc(Br)cc12. The minimum atomic E-state index is 1.14. The van der Waals surface area contributed by atoms with Crippen LogP contribution in [0.3, 0.4) is 0 Å². The van der Waals surface area contributed by atoms with Gasteiger partial charge in [-0.2, -0.15) is 0 Å². The molecule has 0 nitrogen and oxygen atoms in total. The second-order valence-corrected chi connectivity index (χ2v) is 6.65. The molecule has 0 atom stereocenters. The van der Waals surface area contributed by atoms with Crippen molar-refractivity contribution in [3.8, 4) is 0 Å². The molecule has 0 aliphatic carbocycles. The Labute approximate surface area is 102 Å². The predicted octanol–water partition coefficient (Wildman–Crippen LogP) is 5.15. The summed E-state index contributed by atoms with van der Waals surface area (Å²) in [5, 5.41) is 1.33. The van der Waals surface area contributed by atoms with Gasteiger partial charge in [-0.15, -0.1) is 23.1 Å². The molecule has 0 N–H and O–H groups in total. The van der Waals surface area contributed by atoms with Crippen LogP contribution in [-0.4, -0.2) is 6.26 Å². The fraction of sp³-hybridized carbons (Fsp3) is 0.111. The van der Waals surface area contributed by atoms with Crippen LogP contribution in [0.4, 0.5) is 0 Å². The zero-order valence-electron chi connectivity index (χ0n) is 6.80. The number of hydrogen-bond donors (Lipinski definition) is 0. The topological polar surface area (TPSA) is 0 Å². The lowest BCUT2D eigenvalue weighted by molar-refractivity contribution is 1.60. The molecule has 0 saturated heterocycles. The Hall–Kier alpha value is 0.490. The highest BCUT2D eigenvalue weighted by molar-refractivity contribution is 9.11. The highest BCUT2D eigenvalue weighted by Crippen LogP contribution is 2.41. The van der Waals surface area contributed by atoms with Crippen molar-refractivity contribution < 1.29 is 0 Å². The van der Waals surface area contributed by atoms with E-state index in [0.29, 0.717) is 0 Å². The van der Waals surface area contributed by atoms with Crippen LogP contribution in [0.1, 0.15) is 0 Å². The van der Waals surface area contributed by atoms with Gasteiger partial charge in [0.2, 0.25) is 0 Å². The summed E-state index contributed by atoms with van der Waals surface area (Å²) in [7, 11) is 0. The third-order valence-corrected chi connectivity index (χ3v) is 5.33. The molecule has 13 heavy (non-hydrogen) atoms. The molecule has 0 radical (unpaired) electrons. The standard InChI is InChI=1S/C9H6Br2S2/c1-12-8-6-4-5(10)2-3-7(6)13-9(8)11/h2-4H,1H3. The molecule has 0 saturated carbocycles. The third kappa shape index (κ3) is 1.82. The molecular formula is C9H6Br2S2. The minimum Gasteiger partial charge on any atom is -0.127 e. The molecule has 0 unspecified atom stereocenters. The molecule has 0 aliphatic heterocycles. The molecule has 2 aromatic rings. The maximum Gasteiger partial charge on any atom is 0.0846 e. The second kappa shape index (κ2) is 3.93. The summed E-state index contributed by atoms with van der Waals surface area (Å²) in [6.45, 7) is 0. The summed E-state index contributed by atoms with van der Waals surface area (Å²) >= 11 is 10.6. The minimum absolute atomic E-state index is 1.14. The lowest BCUT2D eigenvalue weighted by Crippen LogP contribution is -1.68. The molecule has 0 aliphatic rings. The predicted molar refractivity (Wildman–Crippen MR) is 69.0 cm³/mol. The number of fused-ring (bicyclic) bond motifs is 1. The summed E-state index contributed by atoms with van der Waals surface area (Å²) in [6.07, 6.45) is 2.10. The van der Waals surface area contributed by atoms with Crippen LogP contribution >= 0.6 is 55.0 Å². The summed E-state index contributed by atoms with van der Waals surface area (Å²) in [5.74, 6) is 0. The zero-order chi connectivity index (χ0) is 9.42. The van der Waals surface area contributed by atoms with E-state index in [2.05, 4.69) is 56.3 Å². The van der Waals surface area contributed by atoms with E-state index >= 15 is 0 Å². The quantitative estimate of drug-likeness (QED) is 0.648. The first-order valence-corrected chi connectivity index (χ1v) is 7.26. The highest BCUT2D eigenvalue weighted by atomic mass is 79.9. The molecule has 1 aromatic carbocycles. The van der Waals surface area contributed by atoms with Gasteiger partial charge in [0.05, 0.1) is 3.79 Å².